The van der Waals surface area contributed by atoms with Gasteiger partial charge in [0.2, 0.25) is 0 Å². The highest BCUT2D eigenvalue weighted by Crippen LogP contribution is 2.60. The predicted molar refractivity (Wildman–Crippen MR) is 105 cm³/mol. The lowest BCUT2D eigenvalue weighted by molar-refractivity contribution is -0.718. The molecule has 0 amide bonds. The van der Waals surface area contributed by atoms with Crippen LogP contribution in [0.3, 0.4) is 0 Å². The molecule has 0 radical (unpaired) electrons. The van der Waals surface area contributed by atoms with E-state index in [2.05, 4.69) is 12.2 Å². The maximum Gasteiger partial charge on any atom is 0.158 e. The van der Waals surface area contributed by atoms with Crippen LogP contribution in [0.2, 0.25) is 5.02 Å². The molecule has 27 heavy (non-hydrogen) atoms. The van der Waals surface area contributed by atoms with Crippen LogP contribution in [0.15, 0.2) is 34.7 Å². The Morgan fingerprint density at radius 3 is 2.41 bits per heavy atom. The van der Waals surface area contributed by atoms with Crippen LogP contribution in [-0.4, -0.2) is 6.04 Å². The van der Waals surface area contributed by atoms with E-state index >= 15 is 0 Å². The summed E-state index contributed by atoms with van der Waals surface area (Å²) in [6.45, 7) is 3.29. The minimum absolute atomic E-state index is 0.132. The van der Waals surface area contributed by atoms with E-state index in [-0.39, 0.29) is 5.02 Å². The normalized spacial score (nSPS) is 32.8. The number of nitrogens with two attached hydrogens (primary N) is 1. The van der Waals surface area contributed by atoms with Crippen LogP contribution < -0.4 is 5.32 Å². The number of hydrogen-bond acceptors (Lipinski definition) is 1. The summed E-state index contributed by atoms with van der Waals surface area (Å²) in [7, 11) is 0. The number of benzene rings is 1. The molecular formula is C23H28ClFNO+. The molecule has 0 aliphatic heterocycles. The van der Waals surface area contributed by atoms with E-state index in [1.54, 1.807) is 12.1 Å². The van der Waals surface area contributed by atoms with Crippen molar-refractivity contribution in [2.45, 2.75) is 58.0 Å². The largest absolute Gasteiger partial charge is 0.455 e. The lowest BCUT2D eigenvalue weighted by atomic mass is 9.48. The first-order chi connectivity index (χ1) is 13.0. The third-order valence-corrected chi connectivity index (χ3v) is 7.88. The van der Waals surface area contributed by atoms with E-state index in [1.807, 2.05) is 12.1 Å². The van der Waals surface area contributed by atoms with Crippen LogP contribution in [0.1, 0.15) is 51.2 Å². The molecule has 144 valence electrons. The first-order valence-corrected chi connectivity index (χ1v) is 10.8. The molecular weight excluding hydrogens is 361 g/mol. The second kappa shape index (κ2) is 6.63. The Kier molecular flexibility index (Phi) is 4.36. The summed E-state index contributed by atoms with van der Waals surface area (Å²) in [5.74, 6) is 4.30. The van der Waals surface area contributed by atoms with Gasteiger partial charge in [0.15, 0.2) is 5.76 Å². The summed E-state index contributed by atoms with van der Waals surface area (Å²) in [5.41, 5.74) is 1.37. The summed E-state index contributed by atoms with van der Waals surface area (Å²) < 4.78 is 19.4. The van der Waals surface area contributed by atoms with Crippen LogP contribution in [0.4, 0.5) is 4.39 Å². The summed E-state index contributed by atoms with van der Waals surface area (Å²) in [5, 5.41) is 2.61. The first kappa shape index (κ1) is 17.8. The molecule has 0 unspecified atom stereocenters. The van der Waals surface area contributed by atoms with Gasteiger partial charge < -0.3 is 9.73 Å². The van der Waals surface area contributed by atoms with Crippen molar-refractivity contribution in [1.29, 1.82) is 0 Å². The lowest BCUT2D eigenvalue weighted by Gasteiger charge is -2.57. The highest BCUT2D eigenvalue weighted by molar-refractivity contribution is 6.31. The maximum atomic E-state index is 13.4. The zero-order chi connectivity index (χ0) is 18.6. The Morgan fingerprint density at radius 1 is 1.11 bits per heavy atom. The van der Waals surface area contributed by atoms with Crippen molar-refractivity contribution in [1.82, 2.24) is 0 Å². The van der Waals surface area contributed by atoms with Crippen LogP contribution in [0, 0.1) is 29.0 Å². The van der Waals surface area contributed by atoms with Gasteiger partial charge in [-0.25, -0.2) is 4.39 Å². The van der Waals surface area contributed by atoms with E-state index in [0.29, 0.717) is 11.5 Å². The Morgan fingerprint density at radius 2 is 1.78 bits per heavy atom. The molecule has 6 rings (SSSR count). The molecule has 4 saturated carbocycles. The second-order valence-corrected chi connectivity index (χ2v) is 9.81. The fourth-order valence-electron chi connectivity index (χ4n) is 6.57. The molecule has 4 fully saturated rings. The number of quaternary nitrogens is 1. The number of furan rings is 1. The third kappa shape index (κ3) is 3.23. The average Bonchev–Trinajstić information content (AvgIpc) is 3.10. The molecule has 1 atom stereocenters. The Balaban J connectivity index is 1.25. The number of rotatable bonds is 5. The van der Waals surface area contributed by atoms with Crippen molar-refractivity contribution in [2.75, 3.05) is 0 Å². The highest BCUT2D eigenvalue weighted by Gasteiger charge is 2.54. The number of hydrogen-bond donors (Lipinski definition) is 1. The Hall–Kier alpha value is -1.32. The highest BCUT2D eigenvalue weighted by atomic mass is 35.5. The van der Waals surface area contributed by atoms with Crippen molar-refractivity contribution < 1.29 is 14.1 Å². The van der Waals surface area contributed by atoms with Gasteiger partial charge in [0, 0.05) is 11.0 Å². The van der Waals surface area contributed by atoms with Crippen molar-refractivity contribution in [3.05, 3.63) is 46.9 Å². The molecule has 0 spiro atoms. The minimum atomic E-state index is -0.398. The van der Waals surface area contributed by atoms with E-state index in [4.69, 9.17) is 16.0 Å². The third-order valence-electron chi connectivity index (χ3n) is 7.59. The van der Waals surface area contributed by atoms with E-state index < -0.39 is 5.82 Å². The standard InChI is InChI=1S/C23H27ClFNO/c1-14(23-10-15-6-16(11-23)8-17(7-15)12-23)26-13-19-3-5-22(27-19)18-2-4-21(25)20(24)9-18/h2-5,9,14-17,26H,6-8,10-13H2,1H3/p+1/t14-,15?,16?,17?,23?/m1/s1. The van der Waals surface area contributed by atoms with E-state index in [1.165, 1.54) is 44.6 Å². The predicted octanol–water partition coefficient (Wildman–Crippen LogP) is 5.41. The van der Waals surface area contributed by atoms with Gasteiger partial charge in [-0.2, -0.15) is 0 Å². The molecule has 4 aliphatic rings. The quantitative estimate of drug-likeness (QED) is 0.729. The molecule has 2 aromatic rings. The minimum Gasteiger partial charge on any atom is -0.455 e. The van der Waals surface area contributed by atoms with Gasteiger partial charge in [-0.3, -0.25) is 0 Å². The Labute approximate surface area is 165 Å². The zero-order valence-electron chi connectivity index (χ0n) is 15.9. The first-order valence-electron chi connectivity index (χ1n) is 10.4. The molecule has 4 heteroatoms. The summed E-state index contributed by atoms with van der Waals surface area (Å²) >= 11 is 5.90. The smallest absolute Gasteiger partial charge is 0.158 e. The van der Waals surface area contributed by atoms with Crippen molar-refractivity contribution in [3.8, 4) is 11.3 Å². The van der Waals surface area contributed by atoms with Crippen LogP contribution >= 0.6 is 11.6 Å². The van der Waals surface area contributed by atoms with Gasteiger partial charge in [-0.15, -0.1) is 0 Å². The summed E-state index contributed by atoms with van der Waals surface area (Å²) in [6, 6.07) is 9.37. The zero-order valence-corrected chi connectivity index (χ0v) is 16.6. The van der Waals surface area contributed by atoms with Gasteiger partial charge in [0.1, 0.15) is 18.1 Å². The van der Waals surface area contributed by atoms with Crippen LogP contribution in [0.25, 0.3) is 11.3 Å². The van der Waals surface area contributed by atoms with Gasteiger partial charge in [0.25, 0.3) is 0 Å². The van der Waals surface area contributed by atoms with E-state index in [9.17, 15) is 4.39 Å². The lowest BCUT2D eigenvalue weighted by Crippen LogP contribution is -2.91. The second-order valence-electron chi connectivity index (χ2n) is 9.40. The molecule has 2 nitrogen and oxygen atoms in total. The fraction of sp³-hybridized carbons (Fsp3) is 0.565. The van der Waals surface area contributed by atoms with Crippen molar-refractivity contribution >= 4 is 11.6 Å². The van der Waals surface area contributed by atoms with Gasteiger partial charge in [0.05, 0.1) is 11.1 Å². The van der Waals surface area contributed by atoms with Crippen molar-refractivity contribution in [3.63, 3.8) is 0 Å². The molecule has 2 N–H and O–H groups in total. The molecule has 1 heterocycles. The molecule has 4 bridgehead atoms. The maximum absolute atomic E-state index is 13.4. The fourth-order valence-corrected chi connectivity index (χ4v) is 6.75. The molecule has 1 aromatic carbocycles. The van der Waals surface area contributed by atoms with Crippen molar-refractivity contribution in [2.24, 2.45) is 23.2 Å². The monoisotopic (exact) mass is 388 g/mol. The molecule has 4 aliphatic carbocycles. The summed E-state index contributed by atoms with van der Waals surface area (Å²) in [4.78, 5) is 0. The van der Waals surface area contributed by atoms with Gasteiger partial charge >= 0.3 is 0 Å². The molecule has 0 saturated heterocycles. The van der Waals surface area contributed by atoms with Crippen LogP contribution in [-0.2, 0) is 6.54 Å². The van der Waals surface area contributed by atoms with Gasteiger partial charge in [-0.1, -0.05) is 11.6 Å². The van der Waals surface area contributed by atoms with Gasteiger partial charge in [-0.05, 0) is 93.5 Å². The average molecular weight is 389 g/mol. The number of halogens is 2. The SMILES string of the molecule is C[C@@H]([NH2+]Cc1ccc(-c2ccc(F)c(Cl)c2)o1)C12CC3CC(CC(C3)C1)C2. The Bertz CT molecular complexity index is 809. The summed E-state index contributed by atoms with van der Waals surface area (Å²) in [6.07, 6.45) is 8.80. The molecule has 1 aromatic heterocycles. The van der Waals surface area contributed by atoms with E-state index in [0.717, 1.165) is 41.4 Å². The topological polar surface area (TPSA) is 29.8 Å². The van der Waals surface area contributed by atoms with Crippen LogP contribution in [0.5, 0.6) is 0 Å².